The summed E-state index contributed by atoms with van der Waals surface area (Å²) in [4.78, 5) is 0. The van der Waals surface area contributed by atoms with Crippen molar-refractivity contribution in [2.24, 2.45) is 0 Å². The fourth-order valence-electron chi connectivity index (χ4n) is 0.631. The van der Waals surface area contributed by atoms with Crippen LogP contribution in [0.5, 0.6) is 0 Å². The first-order chi connectivity index (χ1) is 3.91. The van der Waals surface area contributed by atoms with Gasteiger partial charge in [-0.2, -0.15) is 0 Å². The van der Waals surface area contributed by atoms with Gasteiger partial charge < -0.3 is 11.4 Å². The molecule has 0 atom stereocenters. The van der Waals surface area contributed by atoms with Crippen LogP contribution in [0.2, 0.25) is 0 Å². The van der Waals surface area contributed by atoms with E-state index >= 15 is 0 Å². The molecule has 62 valence electrons. The van der Waals surface area contributed by atoms with Gasteiger partial charge in [-0.05, 0) is 6.42 Å². The summed E-state index contributed by atoms with van der Waals surface area (Å²) in [7, 11) is 0. The van der Waals surface area contributed by atoms with E-state index < -0.39 is 0 Å². The van der Waals surface area contributed by atoms with Crippen molar-refractivity contribution in [2.75, 3.05) is 6.54 Å². The molecule has 0 rings (SSSR count). The molecular weight excluding hydrogens is 116 g/mol. The molecule has 5 N–H and O–H groups in total. The molecule has 0 aromatic carbocycles. The van der Waals surface area contributed by atoms with Gasteiger partial charge in [0.15, 0.2) is 0 Å². The zero-order chi connectivity index (χ0) is 6.24. The summed E-state index contributed by atoms with van der Waals surface area (Å²) in [5.74, 6) is 0. The maximum absolute atomic E-state index is 8.12. The lowest BCUT2D eigenvalue weighted by molar-refractivity contribution is 0.164. The molecule has 0 radical (unpaired) electrons. The normalized spacial score (nSPS) is 8.67. The monoisotopic (exact) mass is 138 g/mol. The second-order valence-corrected chi connectivity index (χ2v) is 1.97. The highest BCUT2D eigenvalue weighted by Gasteiger charge is 1.83. The van der Waals surface area contributed by atoms with Gasteiger partial charge in [-0.25, -0.2) is 5.48 Å². The van der Waals surface area contributed by atoms with Crippen LogP contribution in [0.4, 0.5) is 0 Å². The molecule has 0 aliphatic heterocycles. The molecular formula is C6H22N2O. The van der Waals surface area contributed by atoms with E-state index in [9.17, 15) is 0 Å². The van der Waals surface area contributed by atoms with Gasteiger partial charge >= 0.3 is 0 Å². The van der Waals surface area contributed by atoms with E-state index in [1.54, 1.807) is 0 Å². The highest BCUT2D eigenvalue weighted by Crippen LogP contribution is 1.96. The fourth-order valence-corrected chi connectivity index (χ4v) is 0.631. The highest BCUT2D eigenvalue weighted by molar-refractivity contribution is 4.39. The topological polar surface area (TPSA) is 67.3 Å². The minimum absolute atomic E-state index is 0. The Morgan fingerprint density at radius 3 is 2.44 bits per heavy atom. The second-order valence-electron chi connectivity index (χ2n) is 1.97. The van der Waals surface area contributed by atoms with Gasteiger partial charge in [-0.1, -0.05) is 26.2 Å². The van der Waals surface area contributed by atoms with Crippen LogP contribution in [0.1, 0.15) is 35.5 Å². The summed E-state index contributed by atoms with van der Waals surface area (Å²) < 4.78 is 0. The van der Waals surface area contributed by atoms with E-state index in [1.807, 2.05) is 0 Å². The molecule has 0 amide bonds. The number of unbranched alkanes of at least 4 members (excludes halogenated alkanes) is 3. The fraction of sp³-hybridized carbons (Fsp3) is 1.00. The molecule has 0 aliphatic carbocycles. The van der Waals surface area contributed by atoms with Gasteiger partial charge in [0.1, 0.15) is 0 Å². The van der Waals surface area contributed by atoms with Crippen LogP contribution in [0.25, 0.3) is 0 Å². The Morgan fingerprint density at radius 2 is 2.00 bits per heavy atom. The van der Waals surface area contributed by atoms with Gasteiger partial charge in [0.2, 0.25) is 0 Å². The second kappa shape index (κ2) is 10.8. The van der Waals surface area contributed by atoms with Gasteiger partial charge in [0, 0.05) is 9.40 Å². The summed E-state index contributed by atoms with van der Waals surface area (Å²) in [5, 5.41) is 8.12. The predicted molar refractivity (Wildman–Crippen MR) is 43.2 cm³/mol. The van der Waals surface area contributed by atoms with Crippen molar-refractivity contribution >= 4 is 0 Å². The van der Waals surface area contributed by atoms with Gasteiger partial charge in [-0.15, -0.1) is 0 Å². The minimum Gasteiger partial charge on any atom is -0.344 e. The van der Waals surface area contributed by atoms with Gasteiger partial charge in [0.05, 0.1) is 0 Å². The third-order valence-electron chi connectivity index (χ3n) is 1.14. The lowest BCUT2D eigenvalue weighted by Gasteiger charge is -1.94. The van der Waals surface area contributed by atoms with Crippen molar-refractivity contribution in [3.63, 3.8) is 0 Å². The molecule has 0 aromatic rings. The van der Waals surface area contributed by atoms with Gasteiger partial charge in [-0.3, -0.25) is 0 Å². The van der Waals surface area contributed by atoms with Crippen LogP contribution in [0.3, 0.4) is 0 Å². The van der Waals surface area contributed by atoms with Crippen LogP contribution in [-0.2, 0) is 0 Å². The Balaban J connectivity index is -0.0000000817. The summed E-state index contributed by atoms with van der Waals surface area (Å²) in [6.07, 6.45) is 4.85. The summed E-state index contributed by atoms with van der Waals surface area (Å²) in [5.41, 5.74) is 2.13. The minimum atomic E-state index is 0. The molecule has 9 heavy (non-hydrogen) atoms. The average molecular weight is 138 g/mol. The molecule has 0 unspecified atom stereocenters. The van der Waals surface area contributed by atoms with Crippen LogP contribution < -0.4 is 11.6 Å². The van der Waals surface area contributed by atoms with Crippen molar-refractivity contribution in [1.82, 2.24) is 11.6 Å². The van der Waals surface area contributed by atoms with Crippen LogP contribution in [0.15, 0.2) is 0 Å². The van der Waals surface area contributed by atoms with Crippen molar-refractivity contribution in [3.05, 3.63) is 0 Å². The summed E-state index contributed by atoms with van der Waals surface area (Å²) >= 11 is 0. The summed E-state index contributed by atoms with van der Waals surface area (Å²) in [6.45, 7) is 2.91. The maximum atomic E-state index is 8.12. The van der Waals surface area contributed by atoms with Crippen molar-refractivity contribution in [1.29, 1.82) is 0 Å². The van der Waals surface area contributed by atoms with E-state index in [-0.39, 0.29) is 9.00 Å². The molecule has 0 saturated carbocycles. The number of rotatable bonds is 5. The molecule has 0 bridgehead atoms. The Morgan fingerprint density at radius 1 is 1.33 bits per heavy atom. The number of hydrogen-bond donors (Lipinski definition) is 3. The first kappa shape index (κ1) is 11.6. The van der Waals surface area contributed by atoms with E-state index in [2.05, 4.69) is 12.4 Å². The quantitative estimate of drug-likeness (QED) is 0.403. The lowest BCUT2D eigenvalue weighted by Crippen LogP contribution is -2.07. The van der Waals surface area contributed by atoms with Crippen LogP contribution in [0, 0.1) is 0 Å². The van der Waals surface area contributed by atoms with Gasteiger partial charge in [0.25, 0.3) is 0 Å². The predicted octanol–water partition coefficient (Wildman–Crippen LogP) is 2.20. The average Bonchev–Trinajstić information content (AvgIpc) is 1.81. The van der Waals surface area contributed by atoms with Crippen LogP contribution in [-0.4, -0.2) is 11.8 Å². The zero-order valence-electron chi connectivity index (χ0n) is 6.19. The van der Waals surface area contributed by atoms with E-state index in [1.165, 1.54) is 19.3 Å². The molecule has 0 aliphatic rings. The third kappa shape index (κ3) is 11.4. The largest absolute Gasteiger partial charge is 0.344 e. The molecule has 0 aromatic heterocycles. The standard InChI is InChI=1S/C6H15NO.H3N.2H2/c1-2-3-4-5-6-7-8;;;/h7-8H,2-6H2,1H3;1H3;2*1H. The first-order valence-corrected chi connectivity index (χ1v) is 3.28. The molecule has 0 spiro atoms. The number of hydroxylamine groups is 1. The van der Waals surface area contributed by atoms with Crippen molar-refractivity contribution < 1.29 is 8.06 Å². The lowest BCUT2D eigenvalue weighted by atomic mass is 10.2. The molecule has 3 heteroatoms. The highest BCUT2D eigenvalue weighted by atomic mass is 16.5. The maximum Gasteiger partial charge on any atom is 0.0207 e. The SMILES string of the molecule is CCCCCCNO.N.[HH].[HH]. The Hall–Kier alpha value is -0.120. The summed E-state index contributed by atoms with van der Waals surface area (Å²) in [6, 6.07) is 0. The van der Waals surface area contributed by atoms with Crippen LogP contribution >= 0.6 is 0 Å². The molecule has 0 heterocycles. The molecule has 0 saturated heterocycles. The number of nitrogens with one attached hydrogen (secondary N) is 1. The van der Waals surface area contributed by atoms with Crippen molar-refractivity contribution in [2.45, 2.75) is 32.6 Å². The zero-order valence-corrected chi connectivity index (χ0v) is 6.19. The third-order valence-corrected chi connectivity index (χ3v) is 1.14. The smallest absolute Gasteiger partial charge is 0.0207 e. The molecule has 0 fully saturated rings. The Labute approximate surface area is 60.0 Å². The molecule has 3 nitrogen and oxygen atoms in total. The van der Waals surface area contributed by atoms with E-state index in [4.69, 9.17) is 5.21 Å². The van der Waals surface area contributed by atoms with E-state index in [0.717, 1.165) is 13.0 Å². The van der Waals surface area contributed by atoms with Crippen molar-refractivity contribution in [3.8, 4) is 0 Å². The number of hydrogen-bond acceptors (Lipinski definition) is 3. The van der Waals surface area contributed by atoms with E-state index in [0.29, 0.717) is 0 Å². The first-order valence-electron chi connectivity index (χ1n) is 3.28. The Bertz CT molecular complexity index is 43.6. The Kier molecular flexibility index (Phi) is 14.0.